The van der Waals surface area contributed by atoms with Crippen LogP contribution in [-0.2, 0) is 38.1 Å². The first kappa shape index (κ1) is 63.8. The second-order valence-corrected chi connectivity index (χ2v) is 22.2. The average Bonchev–Trinajstić information content (AvgIpc) is 3.26. The van der Waals surface area contributed by atoms with E-state index in [1.807, 2.05) is 48.5 Å². The number of Topliss-reactive ketones (excluding diaryl/α,β-unsaturated/α-hetero) is 2. The van der Waals surface area contributed by atoms with E-state index in [-0.39, 0.29) is 96.1 Å². The molecule has 10 nitrogen and oxygen atoms in total. The summed E-state index contributed by atoms with van der Waals surface area (Å²) in [4.78, 5) is 38.4. The predicted octanol–water partition coefficient (Wildman–Crippen LogP) is 13.2. The van der Waals surface area contributed by atoms with E-state index >= 15 is 0 Å². The monoisotopic (exact) mass is 959 g/mol. The fourth-order valence-corrected chi connectivity index (χ4v) is 10.1. The van der Waals surface area contributed by atoms with E-state index in [1.165, 1.54) is 18.1 Å². The van der Waals surface area contributed by atoms with Gasteiger partial charge in [-0.3, -0.25) is 14.4 Å². The van der Waals surface area contributed by atoms with Gasteiger partial charge in [0.1, 0.15) is 11.7 Å². The Morgan fingerprint density at radius 2 is 1.44 bits per heavy atom. The molecule has 2 aliphatic rings. The Bertz CT molecular complexity index is 1600. The highest BCUT2D eigenvalue weighted by atomic mass is 16.7. The lowest BCUT2D eigenvalue weighted by Crippen LogP contribution is -2.53. The summed E-state index contributed by atoms with van der Waals surface area (Å²) in [7, 11) is 0. The van der Waals surface area contributed by atoms with Crippen LogP contribution in [0, 0.1) is 41.4 Å². The molecule has 0 spiro atoms. The van der Waals surface area contributed by atoms with Crippen molar-refractivity contribution in [1.82, 2.24) is 0 Å². The zero-order valence-corrected chi connectivity index (χ0v) is 47.3. The highest BCUT2D eigenvalue weighted by Gasteiger charge is 2.47. The van der Waals surface area contributed by atoms with Gasteiger partial charge in [-0.15, -0.1) is 0 Å². The second-order valence-electron chi connectivity index (χ2n) is 22.2. The number of carbonyl (C=O) groups excluding carboxylic acids is 3. The normalized spacial score (nSPS) is 27.1. The lowest BCUT2D eigenvalue weighted by Gasteiger charge is -2.44. The van der Waals surface area contributed by atoms with Crippen LogP contribution in [0.15, 0.2) is 34.9 Å². The Morgan fingerprint density at radius 1 is 0.809 bits per heavy atom. The fourth-order valence-electron chi connectivity index (χ4n) is 10.1. The largest absolute Gasteiger partial charge is 0.457 e. The third-order valence-corrected chi connectivity index (χ3v) is 15.1. The first-order valence-electron chi connectivity index (χ1n) is 27.2. The van der Waals surface area contributed by atoms with Gasteiger partial charge in [0.25, 0.3) is 0 Å². The van der Waals surface area contributed by atoms with Crippen molar-refractivity contribution in [2.24, 2.45) is 52.9 Å². The van der Waals surface area contributed by atoms with Crippen molar-refractivity contribution in [3.63, 3.8) is 0 Å². The molecule has 4 N–H and O–H groups in total. The highest BCUT2D eigenvalue weighted by Crippen LogP contribution is 2.40. The molecule has 0 radical (unpaired) electrons. The number of ether oxygens (including phenoxy) is 5. The molecule has 2 rings (SSSR count). The molecule has 68 heavy (non-hydrogen) atoms. The number of rotatable bonds is 28. The van der Waals surface area contributed by atoms with E-state index in [2.05, 4.69) is 94.4 Å². The molecule has 15 unspecified atom stereocenters. The molecule has 2 heterocycles. The number of allylic oxidation sites excluding steroid dienone is 1. The molecular weight excluding hydrogens is 853 g/mol. The highest BCUT2D eigenvalue weighted by molar-refractivity contribution is 6.39. The van der Waals surface area contributed by atoms with Crippen molar-refractivity contribution in [2.75, 3.05) is 0 Å². The fraction of sp³-hybridized carbons (Fsp3) is 0.845. The SMILES string of the molecule is CC.CCCCCC(C)C(=O)OC(C/C=C(\CC)C(N)C(C)CC(C)/C=C(\C)C1CC(CC(OC(C)C)C(C)C(C)CC2CCC(C)C(C)(C(=O)C(C)=O)O2)OC(C)(C)O1)/C(C)=C/C(C)C(C)N. The zero-order valence-electron chi connectivity index (χ0n) is 47.3. The maximum atomic E-state index is 13.3. The quantitative estimate of drug-likeness (QED) is 0.0336. The van der Waals surface area contributed by atoms with Gasteiger partial charge in [-0.05, 0) is 141 Å². The molecule has 2 saturated heterocycles. The van der Waals surface area contributed by atoms with Gasteiger partial charge in [-0.25, -0.2) is 0 Å². The molecule has 15 atom stereocenters. The van der Waals surface area contributed by atoms with Crippen molar-refractivity contribution in [2.45, 2.75) is 276 Å². The minimum atomic E-state index is -1.08. The third-order valence-electron chi connectivity index (χ3n) is 15.1. The van der Waals surface area contributed by atoms with Crippen LogP contribution in [-0.4, -0.2) is 77.6 Å². The summed E-state index contributed by atoms with van der Waals surface area (Å²) in [6.07, 6.45) is 16.4. The molecule has 0 aromatic carbocycles. The molecule has 0 saturated carbocycles. The molecule has 396 valence electrons. The number of hydrogen-bond acceptors (Lipinski definition) is 10. The van der Waals surface area contributed by atoms with Crippen LogP contribution in [0.1, 0.15) is 216 Å². The molecule has 0 amide bonds. The standard InChI is InChI=1S/C56H100N2O8.C2H6/c1-19-21-22-23-36(6)54(61)63-49(40(10)30-38(8)44(14)57)27-25-46(20-2)52(58)41(11)29-35(5)28-39(9)50-32-48(64-55(16,17)66-50)33-51(62-34(3)4)43(13)37(7)31-47-26-24-42(12)56(18,65-47)53(60)45(15)59;1-2/h25,28,30,34-38,41-44,47-52H,19-24,26-27,29,31-33,57-58H2,1-18H3;1-2H3/b39-28+,40-30+,46-25+;. The summed E-state index contributed by atoms with van der Waals surface area (Å²) in [6.45, 7) is 41.0. The Morgan fingerprint density at radius 3 is 2.00 bits per heavy atom. The molecule has 10 heteroatoms. The maximum Gasteiger partial charge on any atom is 0.309 e. The van der Waals surface area contributed by atoms with Gasteiger partial charge in [0.15, 0.2) is 11.6 Å². The molecule has 0 bridgehead atoms. The summed E-state index contributed by atoms with van der Waals surface area (Å²) < 4.78 is 32.6. The maximum absolute atomic E-state index is 13.3. The first-order chi connectivity index (χ1) is 31.7. The summed E-state index contributed by atoms with van der Waals surface area (Å²) >= 11 is 0. The summed E-state index contributed by atoms with van der Waals surface area (Å²) in [5, 5.41) is 0. The van der Waals surface area contributed by atoms with Gasteiger partial charge in [0.2, 0.25) is 5.78 Å². The molecule has 2 aliphatic heterocycles. The average molecular weight is 959 g/mol. The van der Waals surface area contributed by atoms with E-state index in [4.69, 9.17) is 35.2 Å². The minimum absolute atomic E-state index is 0.00232. The summed E-state index contributed by atoms with van der Waals surface area (Å²) in [5.74, 6) is -0.868. The number of nitrogens with two attached hydrogens (primary N) is 2. The number of carbonyl (C=O) groups is 3. The number of ketones is 2. The number of hydrogen-bond donors (Lipinski definition) is 2. The van der Waals surface area contributed by atoms with Crippen LogP contribution in [0.5, 0.6) is 0 Å². The topological polar surface area (TPSA) is 149 Å². The van der Waals surface area contributed by atoms with E-state index in [1.54, 1.807) is 6.92 Å². The van der Waals surface area contributed by atoms with Gasteiger partial charge >= 0.3 is 5.97 Å². The van der Waals surface area contributed by atoms with Gasteiger partial charge in [0.05, 0.1) is 36.4 Å². The van der Waals surface area contributed by atoms with Crippen LogP contribution < -0.4 is 11.5 Å². The third kappa shape index (κ3) is 20.9. The molecular formula is C58H106N2O8. The van der Waals surface area contributed by atoms with Crippen LogP contribution in [0.25, 0.3) is 0 Å². The van der Waals surface area contributed by atoms with Crippen LogP contribution in [0.4, 0.5) is 0 Å². The Labute approximate surface area is 417 Å². The minimum Gasteiger partial charge on any atom is -0.457 e. The molecule has 0 aromatic heterocycles. The lowest BCUT2D eigenvalue weighted by atomic mass is 9.76. The van der Waals surface area contributed by atoms with Crippen molar-refractivity contribution in [1.29, 1.82) is 0 Å². The van der Waals surface area contributed by atoms with E-state index in [0.29, 0.717) is 6.42 Å². The van der Waals surface area contributed by atoms with E-state index < -0.39 is 23.0 Å². The first-order valence-corrected chi connectivity index (χ1v) is 27.2. The van der Waals surface area contributed by atoms with E-state index in [9.17, 15) is 14.4 Å². The Balaban J connectivity index is 0.0000114. The number of unbranched alkanes of at least 4 members (excludes halogenated alkanes) is 2. The van der Waals surface area contributed by atoms with Crippen LogP contribution in [0.2, 0.25) is 0 Å². The summed E-state index contributed by atoms with van der Waals surface area (Å²) in [5.41, 5.74) is 15.6. The summed E-state index contributed by atoms with van der Waals surface area (Å²) in [6, 6.07) is -0.133. The van der Waals surface area contributed by atoms with Crippen LogP contribution in [0.3, 0.4) is 0 Å². The van der Waals surface area contributed by atoms with Gasteiger partial charge < -0.3 is 35.2 Å². The smallest absolute Gasteiger partial charge is 0.309 e. The number of esters is 1. The lowest BCUT2D eigenvalue weighted by molar-refractivity contribution is -0.297. The molecule has 0 aromatic rings. The van der Waals surface area contributed by atoms with Crippen molar-refractivity contribution < 1.29 is 38.1 Å². The Kier molecular flexibility index (Phi) is 28.7. The van der Waals surface area contributed by atoms with Crippen molar-refractivity contribution in [3.05, 3.63) is 34.9 Å². The zero-order chi connectivity index (χ0) is 52.3. The van der Waals surface area contributed by atoms with Crippen LogP contribution >= 0.6 is 0 Å². The van der Waals surface area contributed by atoms with Gasteiger partial charge in [-0.2, -0.15) is 0 Å². The molecule has 0 aliphatic carbocycles. The predicted molar refractivity (Wildman–Crippen MR) is 282 cm³/mol. The van der Waals surface area contributed by atoms with Crippen molar-refractivity contribution >= 4 is 17.5 Å². The van der Waals surface area contributed by atoms with Crippen molar-refractivity contribution in [3.8, 4) is 0 Å². The van der Waals surface area contributed by atoms with Gasteiger partial charge in [-0.1, -0.05) is 119 Å². The Hall–Kier alpha value is -2.21. The second kappa shape index (κ2) is 30.6. The van der Waals surface area contributed by atoms with E-state index in [0.717, 1.165) is 76.2 Å². The van der Waals surface area contributed by atoms with Gasteiger partial charge in [0, 0.05) is 38.3 Å². The molecule has 2 fully saturated rings.